The highest BCUT2D eigenvalue weighted by Gasteiger charge is 2.05. The van der Waals surface area contributed by atoms with Crippen LogP contribution in [-0.2, 0) is 17.8 Å². The van der Waals surface area contributed by atoms with Gasteiger partial charge in [-0.3, -0.25) is 14.8 Å². The fourth-order valence-corrected chi connectivity index (χ4v) is 2.43. The highest BCUT2D eigenvalue weighted by atomic mass is 35.5. The minimum absolute atomic E-state index is 0.0305. The first-order valence-corrected chi connectivity index (χ1v) is 7.95. The predicted molar refractivity (Wildman–Crippen MR) is 94.5 cm³/mol. The van der Waals surface area contributed by atoms with Crippen molar-refractivity contribution in [2.45, 2.75) is 13.0 Å². The van der Waals surface area contributed by atoms with Gasteiger partial charge in [-0.2, -0.15) is 0 Å². The molecule has 0 aliphatic carbocycles. The zero-order valence-electron chi connectivity index (χ0n) is 12.9. The molecule has 2 aromatic heterocycles. The molecule has 24 heavy (non-hydrogen) atoms. The summed E-state index contributed by atoms with van der Waals surface area (Å²) in [5, 5.41) is 3.59. The van der Waals surface area contributed by atoms with Crippen molar-refractivity contribution in [3.63, 3.8) is 0 Å². The van der Waals surface area contributed by atoms with Crippen LogP contribution in [0.4, 0.5) is 0 Å². The van der Waals surface area contributed by atoms with Crippen molar-refractivity contribution in [2.24, 2.45) is 0 Å². The maximum Gasteiger partial charge on any atom is 0.224 e. The van der Waals surface area contributed by atoms with Crippen molar-refractivity contribution in [3.8, 4) is 11.3 Å². The smallest absolute Gasteiger partial charge is 0.224 e. The van der Waals surface area contributed by atoms with Crippen molar-refractivity contribution in [2.75, 3.05) is 0 Å². The first-order chi connectivity index (χ1) is 11.7. The second-order valence-electron chi connectivity index (χ2n) is 5.37. The van der Waals surface area contributed by atoms with Crippen LogP contribution in [0.3, 0.4) is 0 Å². The number of aromatic nitrogens is 2. The SMILES string of the molecule is O=C(Cc1ccc(Cl)cc1)NCc1ccnc(-c2cccnc2)c1. The number of nitrogens with one attached hydrogen (secondary N) is 1. The van der Waals surface area contributed by atoms with Gasteiger partial charge in [0.05, 0.1) is 12.1 Å². The maximum atomic E-state index is 12.1. The lowest BCUT2D eigenvalue weighted by Gasteiger charge is -2.07. The Morgan fingerprint density at radius 1 is 1.04 bits per heavy atom. The number of benzene rings is 1. The Bertz CT molecular complexity index is 820. The quantitative estimate of drug-likeness (QED) is 0.773. The Hall–Kier alpha value is -2.72. The molecule has 1 N–H and O–H groups in total. The lowest BCUT2D eigenvalue weighted by Crippen LogP contribution is -2.24. The summed E-state index contributed by atoms with van der Waals surface area (Å²) in [6.07, 6.45) is 5.57. The third-order valence-corrected chi connectivity index (χ3v) is 3.80. The molecule has 3 aromatic rings. The zero-order chi connectivity index (χ0) is 16.8. The molecule has 3 rings (SSSR count). The number of nitrogens with zero attached hydrogens (tertiary/aromatic N) is 2. The molecule has 0 atom stereocenters. The fourth-order valence-electron chi connectivity index (χ4n) is 2.31. The van der Waals surface area contributed by atoms with Crippen LogP contribution >= 0.6 is 11.6 Å². The molecule has 5 heteroatoms. The van der Waals surface area contributed by atoms with Crippen molar-refractivity contribution in [1.29, 1.82) is 0 Å². The van der Waals surface area contributed by atoms with Gasteiger partial charge in [0, 0.05) is 35.7 Å². The molecule has 1 amide bonds. The van der Waals surface area contributed by atoms with Crippen molar-refractivity contribution in [3.05, 3.63) is 83.3 Å². The van der Waals surface area contributed by atoms with E-state index in [-0.39, 0.29) is 5.91 Å². The third-order valence-electron chi connectivity index (χ3n) is 3.55. The standard InChI is InChI=1S/C19H16ClN3O/c20-17-5-3-14(4-6-17)11-19(24)23-12-15-7-9-22-18(10-15)16-2-1-8-21-13-16/h1-10,13H,11-12H2,(H,23,24). The van der Waals surface area contributed by atoms with Crippen LogP contribution in [0.1, 0.15) is 11.1 Å². The number of hydrogen-bond acceptors (Lipinski definition) is 3. The average Bonchev–Trinajstić information content (AvgIpc) is 2.63. The summed E-state index contributed by atoms with van der Waals surface area (Å²) >= 11 is 5.84. The normalized spacial score (nSPS) is 10.4. The first kappa shape index (κ1) is 16.1. The van der Waals surface area contributed by atoms with Gasteiger partial charge in [-0.05, 0) is 47.5 Å². The Balaban J connectivity index is 1.60. The molecule has 2 heterocycles. The van der Waals surface area contributed by atoms with Crippen LogP contribution < -0.4 is 5.32 Å². The van der Waals surface area contributed by atoms with Crippen LogP contribution in [0.5, 0.6) is 0 Å². The molecule has 120 valence electrons. The largest absolute Gasteiger partial charge is 0.352 e. The van der Waals surface area contributed by atoms with Gasteiger partial charge in [-0.25, -0.2) is 0 Å². The number of hydrogen-bond donors (Lipinski definition) is 1. The van der Waals surface area contributed by atoms with Crippen LogP contribution in [0, 0.1) is 0 Å². The van der Waals surface area contributed by atoms with Crippen LogP contribution in [-0.4, -0.2) is 15.9 Å². The summed E-state index contributed by atoms with van der Waals surface area (Å²) in [5.74, 6) is -0.0305. The molecule has 0 aliphatic heterocycles. The monoisotopic (exact) mass is 337 g/mol. The molecule has 0 saturated heterocycles. The minimum Gasteiger partial charge on any atom is -0.352 e. The molecule has 0 unspecified atom stereocenters. The molecule has 1 aromatic carbocycles. The minimum atomic E-state index is -0.0305. The molecular formula is C19H16ClN3O. The molecule has 4 nitrogen and oxygen atoms in total. The molecule has 0 radical (unpaired) electrons. The Morgan fingerprint density at radius 3 is 2.62 bits per heavy atom. The third kappa shape index (κ3) is 4.40. The lowest BCUT2D eigenvalue weighted by molar-refractivity contribution is -0.120. The molecular weight excluding hydrogens is 322 g/mol. The van der Waals surface area contributed by atoms with E-state index < -0.39 is 0 Å². The van der Waals surface area contributed by atoms with E-state index in [0.717, 1.165) is 22.4 Å². The Labute approximate surface area is 145 Å². The first-order valence-electron chi connectivity index (χ1n) is 7.57. The van der Waals surface area contributed by atoms with Crippen molar-refractivity contribution in [1.82, 2.24) is 15.3 Å². The second-order valence-corrected chi connectivity index (χ2v) is 5.81. The number of carbonyl (C=O) groups excluding carboxylic acids is 1. The zero-order valence-corrected chi connectivity index (χ0v) is 13.7. The number of amides is 1. The van der Waals surface area contributed by atoms with E-state index in [9.17, 15) is 4.79 Å². The highest BCUT2D eigenvalue weighted by Crippen LogP contribution is 2.16. The average molecular weight is 338 g/mol. The van der Waals surface area contributed by atoms with Gasteiger partial charge in [0.2, 0.25) is 5.91 Å². The van der Waals surface area contributed by atoms with Gasteiger partial charge in [0.15, 0.2) is 0 Å². The van der Waals surface area contributed by atoms with E-state index in [1.54, 1.807) is 30.7 Å². The fraction of sp³-hybridized carbons (Fsp3) is 0.105. The van der Waals surface area contributed by atoms with Gasteiger partial charge in [-0.15, -0.1) is 0 Å². The van der Waals surface area contributed by atoms with Crippen LogP contribution in [0.2, 0.25) is 5.02 Å². The Kier molecular flexibility index (Phi) is 5.18. The molecule has 0 spiro atoms. The van der Waals surface area contributed by atoms with E-state index >= 15 is 0 Å². The van der Waals surface area contributed by atoms with Gasteiger partial charge in [0.25, 0.3) is 0 Å². The second kappa shape index (κ2) is 7.70. The van der Waals surface area contributed by atoms with E-state index in [1.807, 2.05) is 36.4 Å². The maximum absolute atomic E-state index is 12.1. The highest BCUT2D eigenvalue weighted by molar-refractivity contribution is 6.30. The predicted octanol–water partition coefficient (Wildman–Crippen LogP) is 3.66. The van der Waals surface area contributed by atoms with E-state index in [1.165, 1.54) is 0 Å². The lowest BCUT2D eigenvalue weighted by atomic mass is 10.1. The van der Waals surface area contributed by atoms with E-state index in [0.29, 0.717) is 18.0 Å². The summed E-state index contributed by atoms with van der Waals surface area (Å²) in [7, 11) is 0. The van der Waals surface area contributed by atoms with E-state index in [2.05, 4.69) is 15.3 Å². The topological polar surface area (TPSA) is 54.9 Å². The van der Waals surface area contributed by atoms with E-state index in [4.69, 9.17) is 11.6 Å². The van der Waals surface area contributed by atoms with Crippen LogP contribution in [0.15, 0.2) is 67.1 Å². The Morgan fingerprint density at radius 2 is 1.88 bits per heavy atom. The molecule has 0 fully saturated rings. The van der Waals surface area contributed by atoms with Crippen LogP contribution in [0.25, 0.3) is 11.3 Å². The molecule has 0 aliphatic rings. The van der Waals surface area contributed by atoms with Gasteiger partial charge in [0.1, 0.15) is 0 Å². The number of pyridine rings is 2. The number of carbonyl (C=O) groups is 1. The van der Waals surface area contributed by atoms with Gasteiger partial charge < -0.3 is 5.32 Å². The molecule has 0 bridgehead atoms. The summed E-state index contributed by atoms with van der Waals surface area (Å²) in [6.45, 7) is 0.461. The van der Waals surface area contributed by atoms with Crippen molar-refractivity contribution < 1.29 is 4.79 Å². The van der Waals surface area contributed by atoms with Gasteiger partial charge in [-0.1, -0.05) is 23.7 Å². The number of rotatable bonds is 5. The summed E-state index contributed by atoms with van der Waals surface area (Å²) in [4.78, 5) is 20.5. The summed E-state index contributed by atoms with van der Waals surface area (Å²) < 4.78 is 0. The van der Waals surface area contributed by atoms with Gasteiger partial charge >= 0.3 is 0 Å². The summed E-state index contributed by atoms with van der Waals surface area (Å²) in [5.41, 5.74) is 3.72. The molecule has 0 saturated carbocycles. The summed E-state index contributed by atoms with van der Waals surface area (Å²) in [6, 6.07) is 15.0. The van der Waals surface area contributed by atoms with Crippen molar-refractivity contribution >= 4 is 17.5 Å². The number of halogens is 1.